The molecule has 1 amide bonds. The molecule has 0 fully saturated rings. The summed E-state index contributed by atoms with van der Waals surface area (Å²) in [6, 6.07) is -0.0132. The Hall–Kier alpha value is -1.10. The second kappa shape index (κ2) is 7.27. The van der Waals surface area contributed by atoms with Gasteiger partial charge in [-0.2, -0.15) is 0 Å². The molecular formula is C12H21NO3S. The van der Waals surface area contributed by atoms with Crippen molar-refractivity contribution >= 4 is 23.4 Å². The molecule has 0 aromatic carbocycles. The van der Waals surface area contributed by atoms with Gasteiger partial charge in [-0.1, -0.05) is 6.08 Å². The fourth-order valence-corrected chi connectivity index (χ4v) is 1.10. The fraction of sp³-hybridized carbons (Fsp3) is 0.667. The van der Waals surface area contributed by atoms with Crippen molar-refractivity contribution in [3.8, 4) is 0 Å². The van der Waals surface area contributed by atoms with Crippen molar-refractivity contribution in [2.24, 2.45) is 0 Å². The topological polar surface area (TPSA) is 47.6 Å². The van der Waals surface area contributed by atoms with Crippen LogP contribution in [-0.4, -0.2) is 29.9 Å². The van der Waals surface area contributed by atoms with Crippen LogP contribution in [0.1, 0.15) is 34.1 Å². The van der Waals surface area contributed by atoms with Gasteiger partial charge < -0.3 is 14.8 Å². The molecule has 0 radical (unpaired) electrons. The van der Waals surface area contributed by atoms with Crippen molar-refractivity contribution in [3.05, 3.63) is 12.2 Å². The van der Waals surface area contributed by atoms with Crippen molar-refractivity contribution in [2.75, 3.05) is 7.11 Å². The third-order valence-electron chi connectivity index (χ3n) is 1.71. The molecule has 0 spiro atoms. The quantitative estimate of drug-likeness (QED) is 0.623. The van der Waals surface area contributed by atoms with Crippen molar-refractivity contribution < 1.29 is 14.3 Å². The Morgan fingerprint density at radius 3 is 2.53 bits per heavy atom. The number of thiocarbonyl (C=S) groups is 1. The molecule has 0 aliphatic rings. The third-order valence-corrected chi connectivity index (χ3v) is 2.01. The van der Waals surface area contributed by atoms with E-state index in [9.17, 15) is 4.79 Å². The smallest absolute Gasteiger partial charge is 0.407 e. The van der Waals surface area contributed by atoms with Crippen molar-refractivity contribution in [3.63, 3.8) is 0 Å². The molecular weight excluding hydrogens is 238 g/mol. The third kappa shape index (κ3) is 9.81. The number of amides is 1. The molecule has 17 heavy (non-hydrogen) atoms. The average Bonchev–Trinajstić information content (AvgIpc) is 2.13. The van der Waals surface area contributed by atoms with Gasteiger partial charge in [0.1, 0.15) is 5.60 Å². The van der Waals surface area contributed by atoms with Gasteiger partial charge in [-0.05, 0) is 52.4 Å². The maximum Gasteiger partial charge on any atom is 0.407 e. The number of rotatable bonds is 4. The molecule has 0 aromatic heterocycles. The number of nitrogens with one attached hydrogen (secondary N) is 1. The van der Waals surface area contributed by atoms with E-state index < -0.39 is 11.7 Å². The standard InChI is InChI=1S/C12H21NO3S/c1-9(7-6-8-10(17)15-5)13-11(14)16-12(2,3)4/h6,8-9H,7H2,1-5H3,(H,13,14). The SMILES string of the molecule is COC(=S)C=CCC(C)NC(=O)OC(C)(C)C. The summed E-state index contributed by atoms with van der Waals surface area (Å²) < 4.78 is 9.94. The molecule has 0 bridgehead atoms. The summed E-state index contributed by atoms with van der Waals surface area (Å²) >= 11 is 4.85. The predicted octanol–water partition coefficient (Wildman–Crippen LogP) is 2.82. The number of methoxy groups -OCH3 is 1. The van der Waals surface area contributed by atoms with Crippen molar-refractivity contribution in [1.82, 2.24) is 5.32 Å². The first-order valence-electron chi connectivity index (χ1n) is 5.48. The van der Waals surface area contributed by atoms with E-state index in [0.717, 1.165) is 0 Å². The van der Waals surface area contributed by atoms with E-state index in [1.54, 1.807) is 6.08 Å². The molecule has 0 aromatic rings. The van der Waals surface area contributed by atoms with Crippen LogP contribution in [-0.2, 0) is 9.47 Å². The van der Waals surface area contributed by atoms with Gasteiger partial charge in [-0.3, -0.25) is 0 Å². The largest absolute Gasteiger partial charge is 0.487 e. The first kappa shape index (κ1) is 15.9. The lowest BCUT2D eigenvalue weighted by Crippen LogP contribution is -2.37. The monoisotopic (exact) mass is 259 g/mol. The minimum atomic E-state index is -0.475. The van der Waals surface area contributed by atoms with Crippen LogP contribution >= 0.6 is 12.2 Å². The Kier molecular flexibility index (Phi) is 6.80. The molecule has 1 N–H and O–H groups in total. The highest BCUT2D eigenvalue weighted by Gasteiger charge is 2.16. The van der Waals surface area contributed by atoms with E-state index in [1.807, 2.05) is 33.8 Å². The Morgan fingerprint density at radius 2 is 2.06 bits per heavy atom. The Balaban J connectivity index is 3.94. The summed E-state index contributed by atoms with van der Waals surface area (Å²) in [7, 11) is 1.52. The lowest BCUT2D eigenvalue weighted by atomic mass is 10.2. The molecule has 5 heteroatoms. The Labute approximate surface area is 108 Å². The van der Waals surface area contributed by atoms with E-state index in [1.165, 1.54) is 7.11 Å². The van der Waals surface area contributed by atoms with Crippen LogP contribution in [0.15, 0.2) is 12.2 Å². The summed E-state index contributed by atoms with van der Waals surface area (Å²) in [6.07, 6.45) is 3.81. The van der Waals surface area contributed by atoms with Gasteiger partial charge in [0.25, 0.3) is 0 Å². The summed E-state index contributed by atoms with van der Waals surface area (Å²) in [4.78, 5) is 11.4. The zero-order valence-corrected chi connectivity index (χ0v) is 11.9. The fourth-order valence-electron chi connectivity index (χ4n) is 1.00. The normalized spacial score (nSPS) is 13.2. The number of carbonyl (C=O) groups excluding carboxylic acids is 1. The summed E-state index contributed by atoms with van der Waals surface area (Å²) in [5.74, 6) is 0. The minimum absolute atomic E-state index is 0.0132. The molecule has 4 nitrogen and oxygen atoms in total. The number of carbonyl (C=O) groups is 1. The summed E-state index contributed by atoms with van der Waals surface area (Å²) in [5, 5.41) is 3.16. The van der Waals surface area contributed by atoms with Crippen LogP contribution in [0, 0.1) is 0 Å². The molecule has 1 atom stereocenters. The first-order chi connectivity index (χ1) is 7.74. The van der Waals surface area contributed by atoms with E-state index in [2.05, 4.69) is 5.32 Å². The van der Waals surface area contributed by atoms with Crippen LogP contribution in [0.3, 0.4) is 0 Å². The van der Waals surface area contributed by atoms with Crippen LogP contribution in [0.25, 0.3) is 0 Å². The van der Waals surface area contributed by atoms with Crippen LogP contribution in [0.2, 0.25) is 0 Å². The highest BCUT2D eigenvalue weighted by molar-refractivity contribution is 7.80. The van der Waals surface area contributed by atoms with E-state index in [4.69, 9.17) is 21.7 Å². The molecule has 0 heterocycles. The molecule has 0 saturated carbocycles. The van der Waals surface area contributed by atoms with Crippen LogP contribution in [0.5, 0.6) is 0 Å². The van der Waals surface area contributed by atoms with E-state index >= 15 is 0 Å². The van der Waals surface area contributed by atoms with Crippen LogP contribution < -0.4 is 5.32 Å². The first-order valence-corrected chi connectivity index (χ1v) is 5.89. The molecule has 0 aliphatic heterocycles. The van der Waals surface area contributed by atoms with Gasteiger partial charge in [0.05, 0.1) is 7.11 Å². The zero-order valence-electron chi connectivity index (χ0n) is 11.1. The molecule has 98 valence electrons. The molecule has 0 aliphatic carbocycles. The average molecular weight is 259 g/mol. The number of alkyl carbamates (subject to hydrolysis) is 1. The van der Waals surface area contributed by atoms with Gasteiger partial charge in [0.2, 0.25) is 0 Å². The predicted molar refractivity (Wildman–Crippen MR) is 72.2 cm³/mol. The van der Waals surface area contributed by atoms with Gasteiger partial charge in [0, 0.05) is 6.04 Å². The van der Waals surface area contributed by atoms with E-state index in [0.29, 0.717) is 11.5 Å². The van der Waals surface area contributed by atoms with Gasteiger partial charge in [0.15, 0.2) is 5.05 Å². The number of hydrogen-bond donors (Lipinski definition) is 1. The Bertz CT molecular complexity index is 295. The maximum atomic E-state index is 11.4. The highest BCUT2D eigenvalue weighted by Crippen LogP contribution is 2.07. The minimum Gasteiger partial charge on any atom is -0.487 e. The lowest BCUT2D eigenvalue weighted by molar-refractivity contribution is 0.0509. The maximum absolute atomic E-state index is 11.4. The second-order valence-electron chi connectivity index (χ2n) is 4.71. The number of hydrogen-bond acceptors (Lipinski definition) is 4. The van der Waals surface area contributed by atoms with Crippen molar-refractivity contribution in [2.45, 2.75) is 45.8 Å². The van der Waals surface area contributed by atoms with E-state index in [-0.39, 0.29) is 6.04 Å². The Morgan fingerprint density at radius 1 is 1.47 bits per heavy atom. The summed E-state index contributed by atoms with van der Waals surface area (Å²) in [5.41, 5.74) is -0.475. The molecule has 0 saturated heterocycles. The lowest BCUT2D eigenvalue weighted by Gasteiger charge is -2.21. The summed E-state index contributed by atoms with van der Waals surface area (Å²) in [6.45, 7) is 7.38. The zero-order chi connectivity index (χ0) is 13.5. The van der Waals surface area contributed by atoms with Gasteiger partial charge >= 0.3 is 6.09 Å². The van der Waals surface area contributed by atoms with Crippen LogP contribution in [0.4, 0.5) is 4.79 Å². The highest BCUT2D eigenvalue weighted by atomic mass is 32.1. The molecule has 1 unspecified atom stereocenters. The van der Waals surface area contributed by atoms with Crippen molar-refractivity contribution in [1.29, 1.82) is 0 Å². The second-order valence-corrected chi connectivity index (χ2v) is 5.11. The van der Waals surface area contributed by atoms with Gasteiger partial charge in [-0.25, -0.2) is 4.79 Å². The molecule has 0 rings (SSSR count). The number of ether oxygens (including phenoxy) is 2. The van der Waals surface area contributed by atoms with Gasteiger partial charge in [-0.15, -0.1) is 0 Å².